The fourth-order valence-electron chi connectivity index (χ4n) is 5.25. The van der Waals surface area contributed by atoms with Crippen molar-refractivity contribution in [2.75, 3.05) is 59.5 Å². The van der Waals surface area contributed by atoms with Crippen LogP contribution < -0.4 is 0 Å². The molecular formula is C25H38N4O4. The Balaban J connectivity index is 1.20. The van der Waals surface area contributed by atoms with E-state index in [9.17, 15) is 9.59 Å². The van der Waals surface area contributed by atoms with Crippen LogP contribution in [0.1, 0.15) is 31.7 Å². The summed E-state index contributed by atoms with van der Waals surface area (Å²) in [5, 5.41) is 0. The third-order valence-electron chi connectivity index (χ3n) is 7.40. The lowest BCUT2D eigenvalue weighted by Gasteiger charge is -2.38. The smallest absolute Gasteiger partial charge is 0.411 e. The SMILES string of the molecule is COC(=O)CCN1CCN(C2OC(=O)N(CC3CCN(Cc4ccccc4)CC3)C2C)CC1. The van der Waals surface area contributed by atoms with Gasteiger partial charge in [0.15, 0.2) is 6.23 Å². The zero-order valence-electron chi connectivity index (χ0n) is 20.0. The van der Waals surface area contributed by atoms with Crippen LogP contribution in [0.25, 0.3) is 0 Å². The number of rotatable bonds is 8. The Morgan fingerprint density at radius 1 is 1.03 bits per heavy atom. The van der Waals surface area contributed by atoms with Crippen molar-refractivity contribution < 1.29 is 19.1 Å². The minimum absolute atomic E-state index is 0.0569. The van der Waals surface area contributed by atoms with Gasteiger partial charge in [0, 0.05) is 45.8 Å². The van der Waals surface area contributed by atoms with Crippen molar-refractivity contribution in [3.63, 3.8) is 0 Å². The van der Waals surface area contributed by atoms with Gasteiger partial charge in [-0.05, 0) is 44.3 Å². The van der Waals surface area contributed by atoms with Gasteiger partial charge in [0.1, 0.15) is 0 Å². The Kier molecular flexibility index (Phi) is 8.22. The summed E-state index contributed by atoms with van der Waals surface area (Å²) in [4.78, 5) is 33.1. The number of carbonyl (C=O) groups excluding carboxylic acids is 2. The van der Waals surface area contributed by atoms with Gasteiger partial charge in [-0.25, -0.2) is 4.79 Å². The molecule has 1 aromatic carbocycles. The minimum Gasteiger partial charge on any atom is -0.469 e. The number of hydrogen-bond acceptors (Lipinski definition) is 7. The largest absolute Gasteiger partial charge is 0.469 e. The van der Waals surface area contributed by atoms with Crippen molar-refractivity contribution in [2.45, 2.75) is 45.0 Å². The first-order valence-electron chi connectivity index (χ1n) is 12.3. The predicted molar refractivity (Wildman–Crippen MR) is 126 cm³/mol. The maximum atomic E-state index is 12.7. The van der Waals surface area contributed by atoms with Gasteiger partial charge in [-0.15, -0.1) is 0 Å². The van der Waals surface area contributed by atoms with E-state index >= 15 is 0 Å². The summed E-state index contributed by atoms with van der Waals surface area (Å²) >= 11 is 0. The number of amides is 1. The van der Waals surface area contributed by atoms with Crippen LogP contribution in [-0.2, 0) is 20.8 Å². The van der Waals surface area contributed by atoms with Gasteiger partial charge >= 0.3 is 12.1 Å². The summed E-state index contributed by atoms with van der Waals surface area (Å²) in [5.41, 5.74) is 1.36. The second-order valence-corrected chi connectivity index (χ2v) is 9.58. The van der Waals surface area contributed by atoms with E-state index < -0.39 is 0 Å². The molecule has 3 fully saturated rings. The molecule has 8 heteroatoms. The van der Waals surface area contributed by atoms with Crippen LogP contribution in [0.2, 0.25) is 0 Å². The fourth-order valence-corrected chi connectivity index (χ4v) is 5.25. The second kappa shape index (κ2) is 11.3. The molecule has 3 saturated heterocycles. The Labute approximate surface area is 197 Å². The molecule has 4 rings (SSSR count). The van der Waals surface area contributed by atoms with Crippen LogP contribution >= 0.6 is 0 Å². The van der Waals surface area contributed by atoms with Crippen LogP contribution in [0, 0.1) is 5.92 Å². The van der Waals surface area contributed by atoms with Crippen LogP contribution in [-0.4, -0.2) is 103 Å². The normalized spacial score (nSPS) is 25.9. The summed E-state index contributed by atoms with van der Waals surface area (Å²) in [6.45, 7) is 10.2. The van der Waals surface area contributed by atoms with Crippen LogP contribution in [0.3, 0.4) is 0 Å². The highest BCUT2D eigenvalue weighted by atomic mass is 16.6. The Bertz CT molecular complexity index is 776. The second-order valence-electron chi connectivity index (χ2n) is 9.58. The molecule has 1 aromatic rings. The van der Waals surface area contributed by atoms with Gasteiger partial charge in [-0.1, -0.05) is 30.3 Å². The molecule has 8 nitrogen and oxygen atoms in total. The van der Waals surface area contributed by atoms with Crippen LogP contribution in [0.15, 0.2) is 30.3 Å². The summed E-state index contributed by atoms with van der Waals surface area (Å²) in [6, 6.07) is 10.7. The quantitative estimate of drug-likeness (QED) is 0.554. The first-order valence-corrected chi connectivity index (χ1v) is 12.3. The average Bonchev–Trinajstić information content (AvgIpc) is 3.13. The van der Waals surface area contributed by atoms with Crippen molar-refractivity contribution in [3.8, 4) is 0 Å². The van der Waals surface area contributed by atoms with Crippen LogP contribution in [0.4, 0.5) is 4.79 Å². The number of methoxy groups -OCH3 is 1. The van der Waals surface area contributed by atoms with Crippen molar-refractivity contribution >= 4 is 12.1 Å². The summed E-state index contributed by atoms with van der Waals surface area (Å²) < 4.78 is 10.6. The van der Waals surface area contributed by atoms with E-state index in [0.29, 0.717) is 12.3 Å². The molecule has 0 bridgehead atoms. The van der Waals surface area contributed by atoms with Gasteiger partial charge in [-0.2, -0.15) is 0 Å². The van der Waals surface area contributed by atoms with Gasteiger partial charge in [-0.3, -0.25) is 14.6 Å². The number of nitrogens with zero attached hydrogens (tertiary/aromatic N) is 4. The van der Waals surface area contributed by atoms with Crippen LogP contribution in [0.5, 0.6) is 0 Å². The predicted octanol–water partition coefficient (Wildman–Crippen LogP) is 2.25. The van der Waals surface area contributed by atoms with E-state index in [0.717, 1.165) is 71.7 Å². The van der Waals surface area contributed by atoms with E-state index in [1.807, 2.05) is 4.90 Å². The van der Waals surface area contributed by atoms with Gasteiger partial charge in [0.25, 0.3) is 0 Å². The lowest BCUT2D eigenvalue weighted by molar-refractivity contribution is -0.141. The van der Waals surface area contributed by atoms with Gasteiger partial charge < -0.3 is 19.3 Å². The molecule has 1 amide bonds. The standard InChI is InChI=1S/C25H38N4O4/c1-20-24(28-16-14-26(15-17-28)13-10-23(30)32-2)33-25(31)29(20)19-22-8-11-27(12-9-22)18-21-6-4-3-5-7-21/h3-7,20,22,24H,8-19H2,1-2H3. The van der Waals surface area contributed by atoms with E-state index in [2.05, 4.69) is 52.0 Å². The van der Waals surface area contributed by atoms with E-state index in [-0.39, 0.29) is 24.3 Å². The van der Waals surface area contributed by atoms with Gasteiger partial charge in [0.2, 0.25) is 0 Å². The van der Waals surface area contributed by atoms with Gasteiger partial charge in [0.05, 0.1) is 19.6 Å². The third-order valence-corrected chi connectivity index (χ3v) is 7.40. The highest BCUT2D eigenvalue weighted by molar-refractivity contribution is 5.70. The molecule has 182 valence electrons. The third kappa shape index (κ3) is 6.25. The van der Waals surface area contributed by atoms with Crippen molar-refractivity contribution in [2.24, 2.45) is 5.92 Å². The summed E-state index contributed by atoms with van der Waals surface area (Å²) in [6.07, 6.45) is 2.30. The number of carbonyl (C=O) groups is 2. The lowest BCUT2D eigenvalue weighted by Crippen LogP contribution is -2.54. The lowest BCUT2D eigenvalue weighted by atomic mass is 9.95. The molecule has 0 radical (unpaired) electrons. The number of cyclic esters (lactones) is 1. The highest BCUT2D eigenvalue weighted by Gasteiger charge is 2.43. The molecule has 0 aliphatic carbocycles. The number of ether oxygens (including phenoxy) is 2. The zero-order chi connectivity index (χ0) is 23.2. The number of likely N-dealkylation sites (tertiary alicyclic amines) is 1. The number of esters is 1. The van der Waals surface area contributed by atoms with Crippen molar-refractivity contribution in [3.05, 3.63) is 35.9 Å². The molecule has 2 atom stereocenters. The highest BCUT2D eigenvalue weighted by Crippen LogP contribution is 2.27. The Morgan fingerprint density at radius 3 is 2.39 bits per heavy atom. The van der Waals surface area contributed by atoms with E-state index in [1.165, 1.54) is 12.7 Å². The molecule has 3 heterocycles. The number of benzene rings is 1. The Morgan fingerprint density at radius 2 is 1.73 bits per heavy atom. The topological polar surface area (TPSA) is 65.6 Å². The maximum Gasteiger partial charge on any atom is 0.411 e. The molecule has 33 heavy (non-hydrogen) atoms. The molecule has 0 N–H and O–H groups in total. The molecule has 0 spiro atoms. The zero-order valence-corrected chi connectivity index (χ0v) is 20.0. The number of piperidine rings is 1. The molecule has 0 aromatic heterocycles. The van der Waals surface area contributed by atoms with E-state index in [4.69, 9.17) is 9.47 Å². The number of piperazine rings is 1. The molecular weight excluding hydrogens is 420 g/mol. The van der Waals surface area contributed by atoms with E-state index in [1.54, 1.807) is 0 Å². The summed E-state index contributed by atoms with van der Waals surface area (Å²) in [5.74, 6) is 0.359. The molecule has 3 aliphatic heterocycles. The van der Waals surface area contributed by atoms with Crippen molar-refractivity contribution in [1.29, 1.82) is 0 Å². The molecule has 3 aliphatic rings. The summed E-state index contributed by atoms with van der Waals surface area (Å²) in [7, 11) is 1.43. The monoisotopic (exact) mass is 458 g/mol. The minimum atomic E-state index is -0.182. The maximum absolute atomic E-state index is 12.7. The molecule has 2 unspecified atom stereocenters. The van der Waals surface area contributed by atoms with Crippen molar-refractivity contribution in [1.82, 2.24) is 19.6 Å². The molecule has 0 saturated carbocycles. The first-order chi connectivity index (χ1) is 16.0. The Hall–Kier alpha value is -2.16. The average molecular weight is 459 g/mol. The first kappa shape index (κ1) is 24.0. The number of hydrogen-bond donors (Lipinski definition) is 0. The fraction of sp³-hybridized carbons (Fsp3) is 0.680.